The van der Waals surface area contributed by atoms with E-state index in [-0.39, 0.29) is 0 Å². The maximum Gasteiger partial charge on any atom is 0.211 e. The van der Waals surface area contributed by atoms with Crippen LogP contribution in [0.1, 0.15) is 17.0 Å². The van der Waals surface area contributed by atoms with Crippen molar-refractivity contribution in [2.75, 3.05) is 13.4 Å². The summed E-state index contributed by atoms with van der Waals surface area (Å²) in [5, 5.41) is 13.3. The molecule has 0 aliphatic carbocycles. The van der Waals surface area contributed by atoms with E-state index in [0.29, 0.717) is 18.1 Å². The van der Waals surface area contributed by atoms with Gasteiger partial charge in [-0.1, -0.05) is 42.1 Å². The SMILES string of the molecule is COc1cc(/C=N\n2c(C)nnc2SC)ccc1OCc1ccccc1. The molecule has 26 heavy (non-hydrogen) atoms. The van der Waals surface area contributed by atoms with Gasteiger partial charge in [0.1, 0.15) is 6.61 Å². The van der Waals surface area contributed by atoms with Crippen LogP contribution in [0.15, 0.2) is 58.8 Å². The lowest BCUT2D eigenvalue weighted by molar-refractivity contribution is 0.284. The summed E-state index contributed by atoms with van der Waals surface area (Å²) in [7, 11) is 1.63. The van der Waals surface area contributed by atoms with E-state index >= 15 is 0 Å². The molecule has 1 aromatic heterocycles. The summed E-state index contributed by atoms with van der Waals surface area (Å²) in [5.74, 6) is 2.09. The molecule has 0 saturated carbocycles. The van der Waals surface area contributed by atoms with Crippen LogP contribution in [-0.2, 0) is 6.61 Å². The van der Waals surface area contributed by atoms with Crippen molar-refractivity contribution in [2.45, 2.75) is 18.7 Å². The van der Waals surface area contributed by atoms with Gasteiger partial charge in [-0.25, -0.2) is 0 Å². The minimum absolute atomic E-state index is 0.488. The Morgan fingerprint density at radius 2 is 1.92 bits per heavy atom. The highest BCUT2D eigenvalue weighted by Crippen LogP contribution is 2.28. The minimum atomic E-state index is 0.488. The molecule has 0 saturated heterocycles. The van der Waals surface area contributed by atoms with E-state index < -0.39 is 0 Å². The van der Waals surface area contributed by atoms with Gasteiger partial charge in [-0.2, -0.15) is 9.78 Å². The van der Waals surface area contributed by atoms with Crippen molar-refractivity contribution in [3.05, 3.63) is 65.5 Å². The normalized spacial score (nSPS) is 11.0. The first-order valence-electron chi connectivity index (χ1n) is 8.06. The molecule has 3 aromatic rings. The monoisotopic (exact) mass is 368 g/mol. The summed E-state index contributed by atoms with van der Waals surface area (Å²) >= 11 is 1.50. The Bertz CT molecular complexity index is 894. The molecule has 6 nitrogen and oxygen atoms in total. The van der Waals surface area contributed by atoms with Crippen LogP contribution in [0.3, 0.4) is 0 Å². The topological polar surface area (TPSA) is 61.5 Å². The molecule has 0 radical (unpaired) electrons. The Morgan fingerprint density at radius 1 is 1.12 bits per heavy atom. The lowest BCUT2D eigenvalue weighted by Crippen LogP contribution is -1.99. The molecule has 0 unspecified atom stereocenters. The molecule has 1 heterocycles. The second-order valence-corrected chi connectivity index (χ2v) is 6.25. The predicted molar refractivity (Wildman–Crippen MR) is 103 cm³/mol. The second-order valence-electron chi connectivity index (χ2n) is 5.47. The van der Waals surface area contributed by atoms with Crippen molar-refractivity contribution in [3.63, 3.8) is 0 Å². The number of aromatic nitrogens is 3. The third-order valence-corrected chi connectivity index (χ3v) is 4.32. The van der Waals surface area contributed by atoms with Crippen molar-refractivity contribution >= 4 is 18.0 Å². The Hall–Kier alpha value is -2.80. The number of hydrogen-bond donors (Lipinski definition) is 0. The third-order valence-electron chi connectivity index (χ3n) is 3.70. The van der Waals surface area contributed by atoms with Crippen LogP contribution in [-0.4, -0.2) is 34.5 Å². The maximum atomic E-state index is 5.88. The van der Waals surface area contributed by atoms with E-state index in [1.54, 1.807) is 18.0 Å². The van der Waals surface area contributed by atoms with Crippen LogP contribution in [0.25, 0.3) is 0 Å². The van der Waals surface area contributed by atoms with Crippen LogP contribution in [0.2, 0.25) is 0 Å². The van der Waals surface area contributed by atoms with Gasteiger partial charge in [-0.15, -0.1) is 10.2 Å². The highest BCUT2D eigenvalue weighted by molar-refractivity contribution is 7.98. The Morgan fingerprint density at radius 3 is 2.65 bits per heavy atom. The molecule has 0 N–H and O–H groups in total. The van der Waals surface area contributed by atoms with E-state index in [1.165, 1.54) is 11.8 Å². The van der Waals surface area contributed by atoms with Crippen LogP contribution in [0, 0.1) is 6.92 Å². The number of thioether (sulfide) groups is 1. The van der Waals surface area contributed by atoms with Crippen LogP contribution < -0.4 is 9.47 Å². The zero-order valence-electron chi connectivity index (χ0n) is 14.9. The highest BCUT2D eigenvalue weighted by Gasteiger charge is 2.08. The van der Waals surface area contributed by atoms with Gasteiger partial charge in [0.2, 0.25) is 5.16 Å². The summed E-state index contributed by atoms with van der Waals surface area (Å²) in [4.78, 5) is 0. The van der Waals surface area contributed by atoms with Crippen molar-refractivity contribution < 1.29 is 9.47 Å². The molecule has 0 amide bonds. The molecule has 0 spiro atoms. The van der Waals surface area contributed by atoms with Gasteiger partial charge in [0.25, 0.3) is 0 Å². The molecule has 0 bridgehead atoms. The summed E-state index contributed by atoms with van der Waals surface area (Å²) < 4.78 is 13.0. The fourth-order valence-corrected chi connectivity index (χ4v) is 2.82. The average Bonchev–Trinajstić information content (AvgIpc) is 3.05. The number of benzene rings is 2. The van der Waals surface area contributed by atoms with Gasteiger partial charge in [0.05, 0.1) is 13.3 Å². The molecular weight excluding hydrogens is 348 g/mol. The summed E-state index contributed by atoms with van der Waals surface area (Å²) in [5.41, 5.74) is 2.00. The van der Waals surface area contributed by atoms with Crippen LogP contribution >= 0.6 is 11.8 Å². The molecule has 0 fully saturated rings. The quantitative estimate of drug-likeness (QED) is 0.469. The summed E-state index contributed by atoms with van der Waals surface area (Å²) in [6.07, 6.45) is 3.69. The highest BCUT2D eigenvalue weighted by atomic mass is 32.2. The number of ether oxygens (including phenoxy) is 2. The fraction of sp³-hybridized carbons (Fsp3) is 0.211. The Labute approximate surface area is 156 Å². The van der Waals surface area contributed by atoms with E-state index in [1.807, 2.05) is 61.7 Å². The van der Waals surface area contributed by atoms with Gasteiger partial charge < -0.3 is 9.47 Å². The van der Waals surface area contributed by atoms with E-state index in [9.17, 15) is 0 Å². The van der Waals surface area contributed by atoms with Crippen LogP contribution in [0.4, 0.5) is 0 Å². The fourth-order valence-electron chi connectivity index (χ4n) is 2.34. The first kappa shape index (κ1) is 18.0. The summed E-state index contributed by atoms with van der Waals surface area (Å²) in [6.45, 7) is 2.35. The Kier molecular flexibility index (Phi) is 5.91. The molecule has 3 rings (SSSR count). The lowest BCUT2D eigenvalue weighted by atomic mass is 10.2. The first-order valence-corrected chi connectivity index (χ1v) is 9.29. The van der Waals surface area contributed by atoms with E-state index in [4.69, 9.17) is 9.47 Å². The predicted octanol–water partition coefficient (Wildman–Crippen LogP) is 3.78. The van der Waals surface area contributed by atoms with Gasteiger partial charge in [0, 0.05) is 0 Å². The molecule has 134 valence electrons. The van der Waals surface area contributed by atoms with Crippen molar-refractivity contribution in [1.29, 1.82) is 0 Å². The minimum Gasteiger partial charge on any atom is -0.493 e. The van der Waals surface area contributed by atoms with Crippen molar-refractivity contribution in [2.24, 2.45) is 5.10 Å². The molecule has 7 heteroatoms. The number of methoxy groups -OCH3 is 1. The number of nitrogens with zero attached hydrogens (tertiary/aromatic N) is 4. The molecule has 0 aliphatic rings. The standard InChI is InChI=1S/C19H20N4O2S/c1-14-21-22-19(26-3)23(14)20-12-16-9-10-17(18(11-16)24-2)25-13-15-7-5-4-6-8-15/h4-12H,13H2,1-3H3/b20-12-. The molecule has 0 atom stereocenters. The second kappa shape index (κ2) is 8.53. The largest absolute Gasteiger partial charge is 0.493 e. The first-order chi connectivity index (χ1) is 12.7. The number of aryl methyl sites for hydroxylation is 1. The number of rotatable bonds is 7. The van der Waals surface area contributed by atoms with Gasteiger partial charge in [-0.3, -0.25) is 0 Å². The van der Waals surface area contributed by atoms with E-state index in [0.717, 1.165) is 22.1 Å². The van der Waals surface area contributed by atoms with Crippen molar-refractivity contribution in [1.82, 2.24) is 14.9 Å². The molecule has 0 aliphatic heterocycles. The van der Waals surface area contributed by atoms with E-state index in [2.05, 4.69) is 15.3 Å². The van der Waals surface area contributed by atoms with Gasteiger partial charge in [0.15, 0.2) is 17.3 Å². The van der Waals surface area contributed by atoms with Gasteiger partial charge in [-0.05, 0) is 42.5 Å². The molecule has 2 aromatic carbocycles. The maximum absolute atomic E-state index is 5.88. The third kappa shape index (κ3) is 4.23. The van der Waals surface area contributed by atoms with Crippen molar-refractivity contribution in [3.8, 4) is 11.5 Å². The zero-order chi connectivity index (χ0) is 18.4. The molecular formula is C19H20N4O2S. The number of hydrogen-bond acceptors (Lipinski definition) is 6. The average molecular weight is 368 g/mol. The smallest absolute Gasteiger partial charge is 0.211 e. The Balaban J connectivity index is 1.76. The van der Waals surface area contributed by atoms with Gasteiger partial charge >= 0.3 is 0 Å². The van der Waals surface area contributed by atoms with Crippen LogP contribution in [0.5, 0.6) is 11.5 Å². The summed E-state index contributed by atoms with van der Waals surface area (Å²) in [6, 6.07) is 15.7. The zero-order valence-corrected chi connectivity index (χ0v) is 15.7. The lowest BCUT2D eigenvalue weighted by Gasteiger charge is -2.11.